The van der Waals surface area contributed by atoms with Crippen LogP contribution in [0.25, 0.3) is 0 Å². The zero-order valence-corrected chi connectivity index (χ0v) is 13.8. The number of hydrogen-bond acceptors (Lipinski definition) is 4. The number of halogens is 1. The molecule has 0 bridgehead atoms. The normalized spacial score (nSPS) is 10.1. The van der Waals surface area contributed by atoms with Crippen LogP contribution in [-0.2, 0) is 6.61 Å². The molecule has 0 atom stereocenters. The molecule has 112 valence electrons. The molecular weight excluding hydrogens is 336 g/mol. The fourth-order valence-electron chi connectivity index (χ4n) is 1.90. The van der Waals surface area contributed by atoms with E-state index in [4.69, 9.17) is 18.9 Å². The van der Waals surface area contributed by atoms with E-state index in [1.807, 2.05) is 36.4 Å². The number of ether oxygens (including phenoxy) is 4. The molecule has 0 fully saturated rings. The lowest BCUT2D eigenvalue weighted by molar-refractivity contribution is 0.265. The summed E-state index contributed by atoms with van der Waals surface area (Å²) < 4.78 is 22.7. The van der Waals surface area contributed by atoms with E-state index < -0.39 is 0 Å². The molecule has 2 rings (SSSR count). The van der Waals surface area contributed by atoms with Crippen LogP contribution in [-0.4, -0.2) is 21.3 Å². The van der Waals surface area contributed by atoms with Crippen molar-refractivity contribution >= 4 is 15.9 Å². The highest BCUT2D eigenvalue weighted by Crippen LogP contribution is 2.37. The van der Waals surface area contributed by atoms with Crippen molar-refractivity contribution in [1.29, 1.82) is 0 Å². The van der Waals surface area contributed by atoms with Crippen LogP contribution in [0.5, 0.6) is 23.0 Å². The van der Waals surface area contributed by atoms with Crippen LogP contribution >= 0.6 is 15.9 Å². The minimum atomic E-state index is 0.370. The maximum Gasteiger partial charge on any atom is 0.203 e. The van der Waals surface area contributed by atoms with E-state index in [-0.39, 0.29) is 0 Å². The summed E-state index contributed by atoms with van der Waals surface area (Å²) >= 11 is 3.51. The summed E-state index contributed by atoms with van der Waals surface area (Å²) in [7, 11) is 4.84. The summed E-state index contributed by atoms with van der Waals surface area (Å²) in [4.78, 5) is 0. The van der Waals surface area contributed by atoms with Gasteiger partial charge in [-0.05, 0) is 30.3 Å². The highest BCUT2D eigenvalue weighted by molar-refractivity contribution is 9.10. The number of rotatable bonds is 6. The number of para-hydroxylation sites is 1. The van der Waals surface area contributed by atoms with E-state index in [2.05, 4.69) is 15.9 Å². The summed E-state index contributed by atoms with van der Waals surface area (Å²) in [6.07, 6.45) is 0. The first-order valence-electron chi connectivity index (χ1n) is 6.35. The molecule has 2 aromatic carbocycles. The van der Waals surface area contributed by atoms with Gasteiger partial charge >= 0.3 is 0 Å². The molecule has 0 N–H and O–H groups in total. The zero-order chi connectivity index (χ0) is 15.2. The molecule has 0 amide bonds. The molecule has 0 aromatic heterocycles. The van der Waals surface area contributed by atoms with E-state index in [1.165, 1.54) is 0 Å². The van der Waals surface area contributed by atoms with Gasteiger partial charge in [0.15, 0.2) is 11.5 Å². The number of hydrogen-bond donors (Lipinski definition) is 0. The van der Waals surface area contributed by atoms with Gasteiger partial charge in [-0.2, -0.15) is 0 Å². The average Bonchev–Trinajstić information content (AvgIpc) is 2.53. The highest BCUT2D eigenvalue weighted by Gasteiger charge is 2.12. The van der Waals surface area contributed by atoms with Gasteiger partial charge in [0.25, 0.3) is 0 Å². The van der Waals surface area contributed by atoms with Crippen LogP contribution < -0.4 is 18.9 Å². The quantitative estimate of drug-likeness (QED) is 0.785. The Morgan fingerprint density at radius 2 is 1.57 bits per heavy atom. The molecular formula is C16H17BrO4. The molecule has 4 nitrogen and oxygen atoms in total. The highest BCUT2D eigenvalue weighted by atomic mass is 79.9. The second-order valence-corrected chi connectivity index (χ2v) is 5.09. The number of benzene rings is 2. The Morgan fingerprint density at radius 1 is 0.905 bits per heavy atom. The molecule has 2 aromatic rings. The van der Waals surface area contributed by atoms with E-state index in [0.717, 1.165) is 15.8 Å². The van der Waals surface area contributed by atoms with Crippen LogP contribution in [0, 0.1) is 0 Å². The topological polar surface area (TPSA) is 36.9 Å². The van der Waals surface area contributed by atoms with Gasteiger partial charge in [0.2, 0.25) is 5.75 Å². The van der Waals surface area contributed by atoms with Crippen LogP contribution in [0.2, 0.25) is 0 Å². The molecule has 0 aliphatic heterocycles. The van der Waals surface area contributed by atoms with Gasteiger partial charge in [0.1, 0.15) is 12.4 Å². The van der Waals surface area contributed by atoms with Crippen molar-refractivity contribution < 1.29 is 18.9 Å². The SMILES string of the molecule is COc1ccc(Br)c(COc2c(OC)cccc2OC)c1. The van der Waals surface area contributed by atoms with Gasteiger partial charge in [-0.25, -0.2) is 0 Å². The molecule has 0 radical (unpaired) electrons. The van der Waals surface area contributed by atoms with Gasteiger partial charge in [0, 0.05) is 10.0 Å². The van der Waals surface area contributed by atoms with Crippen LogP contribution in [0.1, 0.15) is 5.56 Å². The Bertz CT molecular complexity index is 591. The van der Waals surface area contributed by atoms with Gasteiger partial charge in [-0.1, -0.05) is 22.0 Å². The van der Waals surface area contributed by atoms with Crippen LogP contribution in [0.4, 0.5) is 0 Å². The lowest BCUT2D eigenvalue weighted by atomic mass is 10.2. The molecule has 0 aliphatic rings. The Kier molecular flexibility index (Phi) is 5.33. The largest absolute Gasteiger partial charge is 0.497 e. The summed E-state index contributed by atoms with van der Waals surface area (Å²) in [6, 6.07) is 11.3. The van der Waals surface area contributed by atoms with Crippen LogP contribution in [0.15, 0.2) is 40.9 Å². The van der Waals surface area contributed by atoms with Crippen molar-refractivity contribution in [1.82, 2.24) is 0 Å². The minimum Gasteiger partial charge on any atom is -0.497 e. The maximum absolute atomic E-state index is 5.88. The standard InChI is InChI=1S/C16H17BrO4/c1-18-12-7-8-13(17)11(9-12)10-21-16-14(19-2)5-4-6-15(16)20-3/h4-9H,10H2,1-3H3. The third-order valence-electron chi connectivity index (χ3n) is 3.01. The second kappa shape index (κ2) is 7.22. The molecule has 0 spiro atoms. The lowest BCUT2D eigenvalue weighted by Crippen LogP contribution is -2.01. The molecule has 0 heterocycles. The summed E-state index contributed by atoms with van der Waals surface area (Å²) in [6.45, 7) is 0.370. The summed E-state index contributed by atoms with van der Waals surface area (Å²) in [5, 5.41) is 0. The summed E-state index contributed by atoms with van der Waals surface area (Å²) in [5.41, 5.74) is 0.974. The molecule has 0 unspecified atom stereocenters. The van der Waals surface area contributed by atoms with E-state index >= 15 is 0 Å². The summed E-state index contributed by atoms with van der Waals surface area (Å²) in [5.74, 6) is 2.63. The van der Waals surface area contributed by atoms with Crippen molar-refractivity contribution in [3.63, 3.8) is 0 Å². The predicted octanol–water partition coefficient (Wildman–Crippen LogP) is 4.05. The first kappa shape index (κ1) is 15.5. The van der Waals surface area contributed by atoms with Crippen molar-refractivity contribution in [3.8, 4) is 23.0 Å². The van der Waals surface area contributed by atoms with Crippen molar-refractivity contribution in [3.05, 3.63) is 46.4 Å². The zero-order valence-electron chi connectivity index (χ0n) is 12.2. The molecule has 0 saturated carbocycles. The fourth-order valence-corrected chi connectivity index (χ4v) is 2.26. The van der Waals surface area contributed by atoms with Gasteiger partial charge < -0.3 is 18.9 Å². The van der Waals surface area contributed by atoms with E-state index in [0.29, 0.717) is 23.9 Å². The van der Waals surface area contributed by atoms with Gasteiger partial charge in [0.05, 0.1) is 21.3 Å². The van der Waals surface area contributed by atoms with Gasteiger partial charge in [-0.15, -0.1) is 0 Å². The lowest BCUT2D eigenvalue weighted by Gasteiger charge is -2.15. The van der Waals surface area contributed by atoms with Crippen molar-refractivity contribution in [2.75, 3.05) is 21.3 Å². The predicted molar refractivity (Wildman–Crippen MR) is 84.6 cm³/mol. The average molecular weight is 353 g/mol. The smallest absolute Gasteiger partial charge is 0.203 e. The maximum atomic E-state index is 5.88. The second-order valence-electron chi connectivity index (χ2n) is 4.24. The van der Waals surface area contributed by atoms with Crippen molar-refractivity contribution in [2.24, 2.45) is 0 Å². The Hall–Kier alpha value is -1.88. The fraction of sp³-hybridized carbons (Fsp3) is 0.250. The third-order valence-corrected chi connectivity index (χ3v) is 3.78. The third kappa shape index (κ3) is 3.61. The monoisotopic (exact) mass is 352 g/mol. The number of methoxy groups -OCH3 is 3. The molecule has 5 heteroatoms. The molecule has 21 heavy (non-hydrogen) atoms. The minimum absolute atomic E-state index is 0.370. The Morgan fingerprint density at radius 3 is 2.14 bits per heavy atom. The van der Waals surface area contributed by atoms with Crippen LogP contribution in [0.3, 0.4) is 0 Å². The van der Waals surface area contributed by atoms with E-state index in [1.54, 1.807) is 21.3 Å². The Labute approximate surface area is 132 Å². The molecule has 0 aliphatic carbocycles. The van der Waals surface area contributed by atoms with E-state index in [9.17, 15) is 0 Å². The Balaban J connectivity index is 2.24. The molecule has 0 saturated heterocycles. The first-order valence-corrected chi connectivity index (χ1v) is 7.15. The van der Waals surface area contributed by atoms with Gasteiger partial charge in [-0.3, -0.25) is 0 Å². The van der Waals surface area contributed by atoms with Crippen molar-refractivity contribution in [2.45, 2.75) is 6.61 Å². The first-order chi connectivity index (χ1) is 10.2.